The van der Waals surface area contributed by atoms with Crippen LogP contribution in [0.4, 0.5) is 28.6 Å². The topological polar surface area (TPSA) is 41.1 Å². The van der Waals surface area contributed by atoms with Crippen LogP contribution < -0.4 is 4.90 Å². The Balaban J connectivity index is 2.04. The Labute approximate surface area is 128 Å². The predicted octanol–water partition coefficient (Wildman–Crippen LogP) is 6.10. The predicted molar refractivity (Wildman–Crippen MR) is 87.0 cm³/mol. The second kappa shape index (κ2) is 4.84. The minimum absolute atomic E-state index is 0.709. The first kappa shape index (κ1) is 12.8. The molecule has 0 atom stereocenters. The smallest absolute Gasteiger partial charge is 0.232 e. The molecule has 2 aromatic carbocycles. The molecule has 0 amide bonds. The molecule has 108 valence electrons. The zero-order chi connectivity index (χ0) is 15.1. The average Bonchev–Trinajstić information content (AvgIpc) is 2.82. The number of para-hydroxylation sites is 2. The van der Waals surface area contributed by atoms with Crippen molar-refractivity contribution >= 4 is 28.6 Å². The summed E-state index contributed by atoms with van der Waals surface area (Å²) in [5, 5.41) is 8.71. The van der Waals surface area contributed by atoms with E-state index in [4.69, 9.17) is 4.42 Å². The molecule has 0 saturated heterocycles. The van der Waals surface area contributed by atoms with E-state index in [0.717, 1.165) is 28.5 Å². The van der Waals surface area contributed by atoms with E-state index in [2.05, 4.69) is 34.2 Å². The van der Waals surface area contributed by atoms with Gasteiger partial charge in [-0.15, -0.1) is 10.2 Å². The minimum Gasteiger partial charge on any atom is -0.443 e. The third kappa shape index (κ3) is 1.92. The fourth-order valence-corrected chi connectivity index (χ4v) is 2.73. The minimum atomic E-state index is 0.709. The third-order valence-electron chi connectivity index (χ3n) is 3.76. The quantitative estimate of drug-likeness (QED) is 0.425. The van der Waals surface area contributed by atoms with Crippen LogP contribution in [0.25, 0.3) is 0 Å². The Hall–Kier alpha value is -2.88. The van der Waals surface area contributed by atoms with E-state index >= 15 is 0 Å². The highest BCUT2D eigenvalue weighted by atomic mass is 16.4. The summed E-state index contributed by atoms with van der Waals surface area (Å²) >= 11 is 0. The molecule has 0 unspecified atom stereocenters. The van der Waals surface area contributed by atoms with E-state index in [1.165, 1.54) is 5.56 Å². The second-order valence-electron chi connectivity index (χ2n) is 5.36. The summed E-state index contributed by atoms with van der Waals surface area (Å²) in [4.78, 5) is 2.09. The number of hydrogen-bond donors (Lipinski definition) is 0. The molecule has 0 radical (unpaired) electrons. The Morgan fingerprint density at radius 2 is 1.50 bits per heavy atom. The van der Waals surface area contributed by atoms with Gasteiger partial charge >= 0.3 is 0 Å². The summed E-state index contributed by atoms with van der Waals surface area (Å²) in [6.45, 7) is 4.01. The van der Waals surface area contributed by atoms with Crippen molar-refractivity contribution in [1.29, 1.82) is 0 Å². The van der Waals surface area contributed by atoms with Crippen molar-refractivity contribution in [3.63, 3.8) is 0 Å². The number of aryl methyl sites for hydroxylation is 2. The van der Waals surface area contributed by atoms with Crippen LogP contribution in [0.15, 0.2) is 69.2 Å². The molecule has 0 bridgehead atoms. The molecule has 3 aromatic rings. The van der Waals surface area contributed by atoms with E-state index in [1.807, 2.05) is 49.4 Å². The van der Waals surface area contributed by atoms with Gasteiger partial charge in [-0.05, 0) is 37.6 Å². The summed E-state index contributed by atoms with van der Waals surface area (Å²) in [6, 6.07) is 18.1. The SMILES string of the molecule is Cc1cc2c(o1)N(c1ccccc1C)c1ccccc1N=N2. The lowest BCUT2D eigenvalue weighted by Crippen LogP contribution is -2.10. The van der Waals surface area contributed by atoms with Crippen molar-refractivity contribution in [3.8, 4) is 0 Å². The number of anilines is 3. The molecule has 0 N–H and O–H groups in total. The lowest BCUT2D eigenvalue weighted by molar-refractivity contribution is 0.542. The number of furan rings is 1. The molecule has 4 heteroatoms. The van der Waals surface area contributed by atoms with E-state index < -0.39 is 0 Å². The maximum Gasteiger partial charge on any atom is 0.232 e. The highest BCUT2D eigenvalue weighted by Gasteiger charge is 2.25. The van der Waals surface area contributed by atoms with Gasteiger partial charge in [0.05, 0.1) is 11.4 Å². The number of rotatable bonds is 1. The van der Waals surface area contributed by atoms with Crippen molar-refractivity contribution in [2.45, 2.75) is 13.8 Å². The molecule has 1 aromatic heterocycles. The molecule has 22 heavy (non-hydrogen) atoms. The summed E-state index contributed by atoms with van der Waals surface area (Å²) in [5.41, 5.74) is 4.78. The van der Waals surface area contributed by atoms with Crippen molar-refractivity contribution in [2.24, 2.45) is 10.2 Å². The highest BCUT2D eigenvalue weighted by Crippen LogP contribution is 2.48. The molecule has 1 aliphatic rings. The van der Waals surface area contributed by atoms with Crippen molar-refractivity contribution < 1.29 is 4.42 Å². The second-order valence-corrected chi connectivity index (χ2v) is 5.36. The first-order valence-electron chi connectivity index (χ1n) is 7.21. The highest BCUT2D eigenvalue weighted by molar-refractivity contribution is 5.87. The van der Waals surface area contributed by atoms with Gasteiger partial charge in [-0.25, -0.2) is 0 Å². The normalized spacial score (nSPS) is 12.7. The molecular weight excluding hydrogens is 274 g/mol. The summed E-state index contributed by atoms with van der Waals surface area (Å²) in [5.74, 6) is 1.53. The van der Waals surface area contributed by atoms with E-state index in [-0.39, 0.29) is 0 Å². The van der Waals surface area contributed by atoms with E-state index in [9.17, 15) is 0 Å². The van der Waals surface area contributed by atoms with E-state index in [1.54, 1.807) is 0 Å². The van der Waals surface area contributed by atoms with Crippen LogP contribution in [0, 0.1) is 13.8 Å². The third-order valence-corrected chi connectivity index (χ3v) is 3.76. The Bertz CT molecular complexity index is 880. The maximum absolute atomic E-state index is 5.94. The molecule has 0 aliphatic carbocycles. The summed E-state index contributed by atoms with van der Waals surface area (Å²) in [6.07, 6.45) is 0. The van der Waals surface area contributed by atoms with Crippen LogP contribution in [-0.4, -0.2) is 0 Å². The Morgan fingerprint density at radius 1 is 0.818 bits per heavy atom. The maximum atomic E-state index is 5.94. The zero-order valence-electron chi connectivity index (χ0n) is 12.4. The Morgan fingerprint density at radius 3 is 2.32 bits per heavy atom. The standard InChI is InChI=1S/C18H15N3O/c1-12-7-3-5-9-16(12)21-17-10-6-4-8-14(17)19-20-15-11-13(2)22-18(15)21/h3-11H,1-2H3. The van der Waals surface area contributed by atoms with Gasteiger partial charge in [0.25, 0.3) is 0 Å². The van der Waals surface area contributed by atoms with Crippen molar-refractivity contribution in [3.05, 3.63) is 65.9 Å². The van der Waals surface area contributed by atoms with Gasteiger partial charge in [0, 0.05) is 6.07 Å². The zero-order valence-corrected chi connectivity index (χ0v) is 12.4. The molecule has 4 nitrogen and oxygen atoms in total. The van der Waals surface area contributed by atoms with Gasteiger partial charge in [-0.3, -0.25) is 4.90 Å². The number of nitrogens with zero attached hydrogens (tertiary/aromatic N) is 3. The number of benzene rings is 2. The molecule has 0 saturated carbocycles. The number of azo groups is 1. The van der Waals surface area contributed by atoms with Crippen LogP contribution in [0.3, 0.4) is 0 Å². The molecule has 0 spiro atoms. The van der Waals surface area contributed by atoms with Gasteiger partial charge < -0.3 is 4.42 Å². The van der Waals surface area contributed by atoms with E-state index in [0.29, 0.717) is 5.88 Å². The van der Waals surface area contributed by atoms with Crippen LogP contribution in [0.2, 0.25) is 0 Å². The fourth-order valence-electron chi connectivity index (χ4n) is 2.73. The number of hydrogen-bond acceptors (Lipinski definition) is 4. The van der Waals surface area contributed by atoms with Crippen LogP contribution in [0.5, 0.6) is 0 Å². The fraction of sp³-hybridized carbons (Fsp3) is 0.111. The van der Waals surface area contributed by atoms with Crippen molar-refractivity contribution in [2.75, 3.05) is 4.90 Å². The van der Waals surface area contributed by atoms with Gasteiger partial charge in [-0.1, -0.05) is 30.3 Å². The van der Waals surface area contributed by atoms with Gasteiger partial charge in [0.2, 0.25) is 5.88 Å². The molecular formula is C18H15N3O. The average molecular weight is 289 g/mol. The molecule has 2 heterocycles. The van der Waals surface area contributed by atoms with Crippen LogP contribution in [0.1, 0.15) is 11.3 Å². The Kier molecular flexibility index (Phi) is 2.82. The largest absolute Gasteiger partial charge is 0.443 e. The summed E-state index contributed by atoms with van der Waals surface area (Å²) in [7, 11) is 0. The first-order valence-corrected chi connectivity index (χ1v) is 7.21. The monoisotopic (exact) mass is 289 g/mol. The summed E-state index contributed by atoms with van der Waals surface area (Å²) < 4.78 is 5.94. The van der Waals surface area contributed by atoms with Crippen LogP contribution in [-0.2, 0) is 0 Å². The van der Waals surface area contributed by atoms with Gasteiger partial charge in [0.1, 0.15) is 17.1 Å². The van der Waals surface area contributed by atoms with Crippen LogP contribution >= 0.6 is 0 Å². The molecule has 0 fully saturated rings. The first-order chi connectivity index (χ1) is 10.7. The molecule has 4 rings (SSSR count). The lowest BCUT2D eigenvalue weighted by atomic mass is 10.1. The number of fused-ring (bicyclic) bond motifs is 2. The van der Waals surface area contributed by atoms with Gasteiger partial charge in [-0.2, -0.15) is 0 Å². The van der Waals surface area contributed by atoms with Gasteiger partial charge in [0.15, 0.2) is 0 Å². The molecule has 1 aliphatic heterocycles. The lowest BCUT2D eigenvalue weighted by Gasteiger charge is -2.24. The van der Waals surface area contributed by atoms with Crippen molar-refractivity contribution in [1.82, 2.24) is 0 Å².